The molecular weight excluding hydrogens is 312 g/mol. The van der Waals surface area contributed by atoms with Gasteiger partial charge >= 0.3 is 0 Å². The Morgan fingerprint density at radius 3 is 2.75 bits per heavy atom. The summed E-state index contributed by atoms with van der Waals surface area (Å²) in [5.41, 5.74) is 12.6. The molecule has 0 aliphatic heterocycles. The fourth-order valence-electron chi connectivity index (χ4n) is 3.41. The number of hydrogen-bond acceptors (Lipinski definition) is 2. The largest absolute Gasteiger partial charge is 0.353 e. The molecule has 3 N–H and O–H groups in total. The summed E-state index contributed by atoms with van der Waals surface area (Å²) < 4.78 is 0. The third-order valence-corrected chi connectivity index (χ3v) is 6.04. The van der Waals surface area contributed by atoms with E-state index in [1.807, 2.05) is 11.3 Å². The Bertz CT molecular complexity index is 812. The number of rotatable bonds is 7. The fourth-order valence-corrected chi connectivity index (χ4v) is 4.33. The normalized spacial score (nSPS) is 12.8. The molecule has 2 heterocycles. The molecule has 2 aromatic heterocycles. The molecule has 1 atom stereocenters. The van der Waals surface area contributed by atoms with Gasteiger partial charge in [0.2, 0.25) is 0 Å². The first-order valence-electron chi connectivity index (χ1n) is 9.04. The first-order valence-corrected chi connectivity index (χ1v) is 9.92. The molecule has 3 aromatic rings. The summed E-state index contributed by atoms with van der Waals surface area (Å²) in [6, 6.07) is 9.07. The van der Waals surface area contributed by atoms with Crippen LogP contribution in [-0.2, 0) is 6.42 Å². The highest BCUT2D eigenvalue weighted by Crippen LogP contribution is 2.38. The Hall–Kier alpha value is -1.58. The first-order chi connectivity index (χ1) is 11.7. The van der Waals surface area contributed by atoms with Gasteiger partial charge in [-0.1, -0.05) is 32.0 Å². The van der Waals surface area contributed by atoms with Crippen molar-refractivity contribution in [3.05, 3.63) is 46.3 Å². The quantitative estimate of drug-likeness (QED) is 0.509. The van der Waals surface area contributed by atoms with Gasteiger partial charge in [0.05, 0.1) is 10.6 Å². The van der Waals surface area contributed by atoms with Gasteiger partial charge in [0.15, 0.2) is 0 Å². The highest BCUT2D eigenvalue weighted by molar-refractivity contribution is 7.13. The van der Waals surface area contributed by atoms with Gasteiger partial charge in [0.1, 0.15) is 0 Å². The standard InChI is InChI=1S/C21H28N2S/c1-4-15(3)16-9-7-10-17-18(8-5-6-11-22)21(23-20(16)17)19-12-14(2)13-24-19/h7,9-10,12-13,15,23H,4-6,8,11,22H2,1-3H3. The van der Waals surface area contributed by atoms with Crippen LogP contribution in [0.5, 0.6) is 0 Å². The SMILES string of the molecule is CCC(C)c1cccc2c(CCCCN)c(-c3cc(C)cs3)[nH]c12. The molecule has 1 unspecified atom stereocenters. The van der Waals surface area contributed by atoms with E-state index >= 15 is 0 Å². The minimum Gasteiger partial charge on any atom is -0.353 e. The maximum absolute atomic E-state index is 5.71. The van der Waals surface area contributed by atoms with Crippen molar-refractivity contribution in [1.82, 2.24) is 4.98 Å². The van der Waals surface area contributed by atoms with Crippen molar-refractivity contribution in [2.24, 2.45) is 5.73 Å². The summed E-state index contributed by atoms with van der Waals surface area (Å²) in [5, 5.41) is 3.63. The lowest BCUT2D eigenvalue weighted by Crippen LogP contribution is -1.99. The summed E-state index contributed by atoms with van der Waals surface area (Å²) >= 11 is 1.84. The average Bonchev–Trinajstić information content (AvgIpc) is 3.18. The third kappa shape index (κ3) is 3.28. The number of aryl methyl sites for hydroxylation is 2. The number of nitrogens with one attached hydrogen (secondary N) is 1. The van der Waals surface area contributed by atoms with E-state index in [-0.39, 0.29) is 0 Å². The van der Waals surface area contributed by atoms with Gasteiger partial charge in [-0.25, -0.2) is 0 Å². The molecule has 0 saturated carbocycles. The molecule has 0 amide bonds. The van der Waals surface area contributed by atoms with Gasteiger partial charge in [-0.3, -0.25) is 0 Å². The molecule has 0 saturated heterocycles. The summed E-state index contributed by atoms with van der Waals surface area (Å²) in [4.78, 5) is 5.13. The van der Waals surface area contributed by atoms with Crippen molar-refractivity contribution in [3.63, 3.8) is 0 Å². The van der Waals surface area contributed by atoms with Crippen LogP contribution in [0.25, 0.3) is 21.5 Å². The lowest BCUT2D eigenvalue weighted by Gasteiger charge is -2.10. The Kier molecular flexibility index (Phi) is 5.42. The van der Waals surface area contributed by atoms with E-state index in [1.54, 1.807) is 0 Å². The predicted octanol–water partition coefficient (Wildman–Crippen LogP) is 6.00. The number of unbranched alkanes of at least 4 members (excludes halogenated alkanes) is 1. The molecule has 0 fully saturated rings. The van der Waals surface area contributed by atoms with Crippen LogP contribution in [0.1, 0.15) is 55.7 Å². The van der Waals surface area contributed by atoms with Crippen LogP contribution in [0.2, 0.25) is 0 Å². The molecule has 0 aliphatic carbocycles. The number of thiophene rings is 1. The maximum atomic E-state index is 5.71. The average molecular weight is 341 g/mol. The lowest BCUT2D eigenvalue weighted by molar-refractivity contribution is 0.738. The van der Waals surface area contributed by atoms with E-state index < -0.39 is 0 Å². The zero-order chi connectivity index (χ0) is 17.1. The van der Waals surface area contributed by atoms with Crippen LogP contribution in [0.15, 0.2) is 29.6 Å². The van der Waals surface area contributed by atoms with Crippen molar-refractivity contribution < 1.29 is 0 Å². The monoisotopic (exact) mass is 340 g/mol. The topological polar surface area (TPSA) is 41.8 Å². The summed E-state index contributed by atoms with van der Waals surface area (Å²) in [6.45, 7) is 7.52. The number of aromatic nitrogens is 1. The minimum absolute atomic E-state index is 0.571. The molecule has 24 heavy (non-hydrogen) atoms. The number of H-pyrrole nitrogens is 1. The number of fused-ring (bicyclic) bond motifs is 1. The molecule has 3 heteroatoms. The van der Waals surface area contributed by atoms with E-state index in [9.17, 15) is 0 Å². The number of aromatic amines is 1. The molecule has 128 valence electrons. The van der Waals surface area contributed by atoms with E-state index in [0.717, 1.165) is 32.2 Å². The first kappa shape index (κ1) is 17.2. The predicted molar refractivity (Wildman–Crippen MR) is 107 cm³/mol. The van der Waals surface area contributed by atoms with Crippen molar-refractivity contribution in [2.45, 2.75) is 52.4 Å². The van der Waals surface area contributed by atoms with Crippen LogP contribution in [0.3, 0.4) is 0 Å². The molecule has 0 spiro atoms. The summed E-state index contributed by atoms with van der Waals surface area (Å²) in [6.07, 6.45) is 4.48. The summed E-state index contributed by atoms with van der Waals surface area (Å²) in [5.74, 6) is 0.571. The minimum atomic E-state index is 0.571. The molecule has 0 aliphatic rings. The molecule has 0 radical (unpaired) electrons. The van der Waals surface area contributed by atoms with Crippen molar-refractivity contribution in [3.8, 4) is 10.6 Å². The zero-order valence-corrected chi connectivity index (χ0v) is 15.8. The number of para-hydroxylation sites is 1. The van der Waals surface area contributed by atoms with E-state index in [1.165, 1.54) is 38.2 Å². The maximum Gasteiger partial charge on any atom is 0.0598 e. The smallest absolute Gasteiger partial charge is 0.0598 e. The summed E-state index contributed by atoms with van der Waals surface area (Å²) in [7, 11) is 0. The zero-order valence-electron chi connectivity index (χ0n) is 15.0. The molecular formula is C21H28N2S. The molecule has 2 nitrogen and oxygen atoms in total. The number of hydrogen-bond donors (Lipinski definition) is 2. The van der Waals surface area contributed by atoms with Crippen molar-refractivity contribution >= 4 is 22.2 Å². The Balaban J connectivity index is 2.15. The fraction of sp³-hybridized carbons (Fsp3) is 0.429. The highest BCUT2D eigenvalue weighted by Gasteiger charge is 2.17. The molecule has 3 rings (SSSR count). The molecule has 0 bridgehead atoms. The Morgan fingerprint density at radius 2 is 2.08 bits per heavy atom. The van der Waals surface area contributed by atoms with Crippen molar-refractivity contribution in [2.75, 3.05) is 6.54 Å². The second-order valence-electron chi connectivity index (χ2n) is 6.79. The van der Waals surface area contributed by atoms with Crippen LogP contribution < -0.4 is 5.73 Å². The highest BCUT2D eigenvalue weighted by atomic mass is 32.1. The Labute approximate surface area is 149 Å². The van der Waals surface area contributed by atoms with Gasteiger partial charge < -0.3 is 10.7 Å². The third-order valence-electron chi connectivity index (χ3n) is 4.97. The van der Waals surface area contributed by atoms with Crippen LogP contribution in [0.4, 0.5) is 0 Å². The Morgan fingerprint density at radius 1 is 1.25 bits per heavy atom. The van der Waals surface area contributed by atoms with E-state index in [0.29, 0.717) is 5.92 Å². The van der Waals surface area contributed by atoms with Gasteiger partial charge in [-0.15, -0.1) is 11.3 Å². The van der Waals surface area contributed by atoms with E-state index in [4.69, 9.17) is 5.73 Å². The number of benzene rings is 1. The second-order valence-corrected chi connectivity index (χ2v) is 7.70. The van der Waals surface area contributed by atoms with Crippen LogP contribution in [-0.4, -0.2) is 11.5 Å². The second kappa shape index (κ2) is 7.54. The number of nitrogens with two attached hydrogens (primary N) is 1. The van der Waals surface area contributed by atoms with Gasteiger partial charge in [-0.05, 0) is 73.2 Å². The van der Waals surface area contributed by atoms with Gasteiger partial charge in [0, 0.05) is 10.9 Å². The van der Waals surface area contributed by atoms with Crippen molar-refractivity contribution in [1.29, 1.82) is 0 Å². The molecule has 1 aromatic carbocycles. The van der Waals surface area contributed by atoms with Crippen LogP contribution in [0, 0.1) is 6.92 Å². The van der Waals surface area contributed by atoms with Gasteiger partial charge in [-0.2, -0.15) is 0 Å². The van der Waals surface area contributed by atoms with E-state index in [2.05, 4.69) is 55.4 Å². The van der Waals surface area contributed by atoms with Gasteiger partial charge in [0.25, 0.3) is 0 Å². The lowest BCUT2D eigenvalue weighted by atomic mass is 9.95. The van der Waals surface area contributed by atoms with Crippen LogP contribution >= 0.6 is 11.3 Å².